The Hall–Kier alpha value is -2.14. The van der Waals surface area contributed by atoms with Crippen LogP contribution in [0.4, 0.5) is 5.69 Å². The van der Waals surface area contributed by atoms with Gasteiger partial charge in [-0.2, -0.15) is 0 Å². The Morgan fingerprint density at radius 1 is 1.30 bits per heavy atom. The Balaban J connectivity index is 1.97. The normalized spacial score (nSPS) is 20.2. The van der Waals surface area contributed by atoms with E-state index in [1.807, 2.05) is 42.3 Å². The van der Waals surface area contributed by atoms with Crippen LogP contribution in [0.3, 0.4) is 0 Å². The molecule has 3 rings (SSSR count). The highest BCUT2D eigenvalue weighted by molar-refractivity contribution is 5.91. The molecule has 5 nitrogen and oxygen atoms in total. The number of nitrogens with zero attached hydrogens (tertiary/aromatic N) is 3. The number of carboxylic acid groups (broad SMARTS) is 1. The van der Waals surface area contributed by atoms with Gasteiger partial charge in [0.1, 0.15) is 6.04 Å². The number of piperazine rings is 1. The first-order chi connectivity index (χ1) is 9.66. The van der Waals surface area contributed by atoms with Crippen LogP contribution in [-0.4, -0.2) is 53.7 Å². The molecular weight excluding hydrogens is 254 g/mol. The first kappa shape index (κ1) is 12.9. The summed E-state index contributed by atoms with van der Waals surface area (Å²) in [6.07, 6.45) is 1.78. The fraction of sp³-hybridized carbons (Fsp3) is 0.333. The number of aromatic nitrogens is 1. The maximum atomic E-state index is 11.3. The molecule has 104 valence electrons. The molecule has 0 radical (unpaired) electrons. The van der Waals surface area contributed by atoms with E-state index in [0.29, 0.717) is 6.54 Å². The molecule has 2 aromatic rings. The minimum absolute atomic E-state index is 0.462. The molecule has 1 atom stereocenters. The summed E-state index contributed by atoms with van der Waals surface area (Å²) in [4.78, 5) is 19.7. The van der Waals surface area contributed by atoms with Crippen LogP contribution >= 0.6 is 0 Å². The summed E-state index contributed by atoms with van der Waals surface area (Å²) in [6.45, 7) is 2.07. The number of benzene rings is 1. The van der Waals surface area contributed by atoms with E-state index in [0.717, 1.165) is 29.7 Å². The van der Waals surface area contributed by atoms with Crippen molar-refractivity contribution in [3.8, 4) is 0 Å². The number of likely N-dealkylation sites (N-methyl/N-ethyl adjacent to an activating group) is 1. The number of aliphatic carboxylic acids is 1. The Labute approximate surface area is 117 Å². The molecule has 0 unspecified atom stereocenters. The summed E-state index contributed by atoms with van der Waals surface area (Å²) in [6, 6.07) is 9.46. The van der Waals surface area contributed by atoms with E-state index in [1.165, 1.54) is 0 Å². The van der Waals surface area contributed by atoms with Crippen LogP contribution < -0.4 is 4.90 Å². The third-order valence-corrected chi connectivity index (χ3v) is 3.90. The molecule has 0 saturated carbocycles. The second kappa shape index (κ2) is 5.09. The van der Waals surface area contributed by atoms with Gasteiger partial charge in [-0.25, -0.2) is 0 Å². The van der Waals surface area contributed by atoms with Gasteiger partial charge in [0.25, 0.3) is 0 Å². The first-order valence-electron chi connectivity index (χ1n) is 6.68. The zero-order chi connectivity index (χ0) is 14.1. The van der Waals surface area contributed by atoms with Gasteiger partial charge < -0.3 is 10.0 Å². The van der Waals surface area contributed by atoms with Gasteiger partial charge in [0.05, 0.1) is 5.52 Å². The van der Waals surface area contributed by atoms with Crippen LogP contribution in [0.15, 0.2) is 36.5 Å². The fourth-order valence-electron chi connectivity index (χ4n) is 2.72. The lowest BCUT2D eigenvalue weighted by Gasteiger charge is -2.38. The van der Waals surface area contributed by atoms with E-state index in [2.05, 4.69) is 9.88 Å². The number of carbonyl (C=O) groups is 1. The van der Waals surface area contributed by atoms with E-state index < -0.39 is 12.0 Å². The van der Waals surface area contributed by atoms with Crippen molar-refractivity contribution in [3.63, 3.8) is 0 Å². The Morgan fingerprint density at radius 2 is 2.10 bits per heavy atom. The van der Waals surface area contributed by atoms with Crippen LogP contribution in [0.2, 0.25) is 0 Å². The summed E-state index contributed by atoms with van der Waals surface area (Å²) >= 11 is 0. The minimum Gasteiger partial charge on any atom is -0.480 e. The monoisotopic (exact) mass is 271 g/mol. The lowest BCUT2D eigenvalue weighted by Crippen LogP contribution is -2.55. The molecule has 1 aromatic carbocycles. The lowest BCUT2D eigenvalue weighted by molar-refractivity contribution is -0.142. The van der Waals surface area contributed by atoms with E-state index in [9.17, 15) is 9.90 Å². The number of para-hydroxylation sites is 1. The molecule has 0 bridgehead atoms. The average Bonchev–Trinajstić information content (AvgIpc) is 2.47. The van der Waals surface area contributed by atoms with Crippen molar-refractivity contribution in [1.82, 2.24) is 9.88 Å². The summed E-state index contributed by atoms with van der Waals surface area (Å²) in [7, 11) is 1.86. The lowest BCUT2D eigenvalue weighted by atomic mass is 10.1. The Morgan fingerprint density at radius 3 is 2.90 bits per heavy atom. The highest BCUT2D eigenvalue weighted by Gasteiger charge is 2.30. The highest BCUT2D eigenvalue weighted by atomic mass is 16.4. The van der Waals surface area contributed by atoms with Crippen molar-refractivity contribution in [3.05, 3.63) is 36.5 Å². The first-order valence-corrected chi connectivity index (χ1v) is 6.68. The van der Waals surface area contributed by atoms with Crippen LogP contribution in [0.1, 0.15) is 0 Å². The average molecular weight is 271 g/mol. The van der Waals surface area contributed by atoms with E-state index in [-0.39, 0.29) is 0 Å². The standard InChI is InChI=1S/C15H17N3O2/c1-17-8-9-18(10-14(17)15(19)20)13-6-7-16-12-5-3-2-4-11(12)13/h2-7,14H,8-10H2,1H3,(H,19,20)/t14-/m0/s1. The maximum Gasteiger partial charge on any atom is 0.322 e. The van der Waals surface area contributed by atoms with E-state index in [1.54, 1.807) is 6.20 Å². The van der Waals surface area contributed by atoms with Gasteiger partial charge in [-0.05, 0) is 19.2 Å². The van der Waals surface area contributed by atoms with Crippen molar-refractivity contribution in [2.45, 2.75) is 6.04 Å². The van der Waals surface area contributed by atoms with Gasteiger partial charge in [0.2, 0.25) is 0 Å². The molecule has 1 aromatic heterocycles. The molecule has 0 aliphatic carbocycles. The van der Waals surface area contributed by atoms with Crippen molar-refractivity contribution >= 4 is 22.6 Å². The number of rotatable bonds is 2. The summed E-state index contributed by atoms with van der Waals surface area (Å²) < 4.78 is 0. The number of hydrogen-bond donors (Lipinski definition) is 1. The maximum absolute atomic E-state index is 11.3. The molecule has 1 aliphatic rings. The van der Waals surface area contributed by atoms with Crippen molar-refractivity contribution in [2.24, 2.45) is 0 Å². The third-order valence-electron chi connectivity index (χ3n) is 3.90. The fourth-order valence-corrected chi connectivity index (χ4v) is 2.72. The predicted molar refractivity (Wildman–Crippen MR) is 78.0 cm³/mol. The van der Waals surface area contributed by atoms with Gasteiger partial charge in [-0.15, -0.1) is 0 Å². The van der Waals surface area contributed by atoms with Gasteiger partial charge in [0.15, 0.2) is 0 Å². The van der Waals surface area contributed by atoms with E-state index in [4.69, 9.17) is 0 Å². The van der Waals surface area contributed by atoms with Crippen molar-refractivity contribution < 1.29 is 9.90 Å². The minimum atomic E-state index is -0.768. The van der Waals surface area contributed by atoms with Crippen LogP contribution in [0, 0.1) is 0 Å². The Kier molecular flexibility index (Phi) is 3.28. The largest absolute Gasteiger partial charge is 0.480 e. The van der Waals surface area contributed by atoms with Gasteiger partial charge in [0, 0.05) is 36.9 Å². The number of anilines is 1. The van der Waals surface area contributed by atoms with E-state index >= 15 is 0 Å². The molecule has 0 amide bonds. The van der Waals surface area contributed by atoms with Crippen molar-refractivity contribution in [2.75, 3.05) is 31.6 Å². The molecular formula is C15H17N3O2. The van der Waals surface area contributed by atoms with Gasteiger partial charge >= 0.3 is 5.97 Å². The molecule has 5 heteroatoms. The number of fused-ring (bicyclic) bond motifs is 1. The van der Waals surface area contributed by atoms with Gasteiger partial charge in [-0.1, -0.05) is 18.2 Å². The highest BCUT2D eigenvalue weighted by Crippen LogP contribution is 2.26. The SMILES string of the molecule is CN1CCN(c2ccnc3ccccc23)C[C@H]1C(=O)O. The van der Waals surface area contributed by atoms with Gasteiger partial charge in [-0.3, -0.25) is 14.7 Å². The topological polar surface area (TPSA) is 56.7 Å². The summed E-state index contributed by atoms with van der Waals surface area (Å²) in [5.74, 6) is -0.768. The smallest absolute Gasteiger partial charge is 0.322 e. The predicted octanol–water partition coefficient (Wildman–Crippen LogP) is 1.44. The van der Waals surface area contributed by atoms with Crippen LogP contribution in [0.5, 0.6) is 0 Å². The molecule has 2 heterocycles. The molecule has 1 saturated heterocycles. The second-order valence-corrected chi connectivity index (χ2v) is 5.13. The number of hydrogen-bond acceptors (Lipinski definition) is 4. The second-order valence-electron chi connectivity index (χ2n) is 5.13. The quantitative estimate of drug-likeness (QED) is 0.895. The van der Waals surface area contributed by atoms with Crippen molar-refractivity contribution in [1.29, 1.82) is 0 Å². The van der Waals surface area contributed by atoms with Crippen LogP contribution in [0.25, 0.3) is 10.9 Å². The molecule has 1 N–H and O–H groups in total. The molecule has 1 aliphatic heterocycles. The summed E-state index contributed by atoms with van der Waals surface area (Å²) in [5.41, 5.74) is 2.01. The van der Waals surface area contributed by atoms with Crippen LogP contribution in [-0.2, 0) is 4.79 Å². The zero-order valence-corrected chi connectivity index (χ0v) is 11.4. The molecule has 1 fully saturated rings. The molecule has 20 heavy (non-hydrogen) atoms. The summed E-state index contributed by atoms with van der Waals surface area (Å²) in [5, 5.41) is 10.4. The Bertz CT molecular complexity index is 639. The third kappa shape index (κ3) is 2.20. The number of pyridine rings is 1. The molecule has 0 spiro atoms. The number of carboxylic acids is 1. The zero-order valence-electron chi connectivity index (χ0n) is 11.4.